The van der Waals surface area contributed by atoms with Gasteiger partial charge in [0, 0.05) is 11.5 Å². The summed E-state index contributed by atoms with van der Waals surface area (Å²) in [5.74, 6) is -0.0380. The minimum absolute atomic E-state index is 0.0380. The Balaban J connectivity index is 1.88. The first kappa shape index (κ1) is 19.1. The van der Waals surface area contributed by atoms with Gasteiger partial charge in [-0.2, -0.15) is 0 Å². The number of aromatic nitrogens is 2. The highest BCUT2D eigenvalue weighted by Gasteiger charge is 2.42. The molecule has 2 atom stereocenters. The summed E-state index contributed by atoms with van der Waals surface area (Å²) >= 11 is 5.02. The maximum Gasteiger partial charge on any atom is 0.295 e. The molecule has 3 aromatic rings. The molecule has 0 unspecified atom stereocenters. The Morgan fingerprint density at radius 1 is 1.00 bits per heavy atom. The standard InChI is InChI=1S/C21H20BrN3O2S/c1-13-18(20(27)25(23(13)3)17-7-5-4-6-8-17)24-19(26)14(2)28-21(24)15-9-11-16(22)12-10-15/h4-12,14,21H,1-3H3/t14-,21-/m0/s1. The van der Waals surface area contributed by atoms with Crippen molar-refractivity contribution < 1.29 is 4.79 Å². The first-order valence-corrected chi connectivity index (χ1v) is 10.7. The molecule has 28 heavy (non-hydrogen) atoms. The summed E-state index contributed by atoms with van der Waals surface area (Å²) in [4.78, 5) is 28.1. The Labute approximate surface area is 176 Å². The van der Waals surface area contributed by atoms with Crippen LogP contribution < -0.4 is 10.5 Å². The summed E-state index contributed by atoms with van der Waals surface area (Å²) in [7, 11) is 1.85. The zero-order valence-corrected chi connectivity index (χ0v) is 18.2. The van der Waals surface area contributed by atoms with E-state index >= 15 is 0 Å². The van der Waals surface area contributed by atoms with Crippen LogP contribution in [0.2, 0.25) is 0 Å². The van der Waals surface area contributed by atoms with Gasteiger partial charge in [-0.15, -0.1) is 11.8 Å². The lowest BCUT2D eigenvalue weighted by atomic mass is 10.2. The Morgan fingerprint density at radius 3 is 2.29 bits per heavy atom. The van der Waals surface area contributed by atoms with Crippen LogP contribution in [-0.4, -0.2) is 20.5 Å². The van der Waals surface area contributed by atoms with Crippen LogP contribution in [0.3, 0.4) is 0 Å². The Morgan fingerprint density at radius 2 is 1.64 bits per heavy atom. The predicted octanol–water partition coefficient (Wildman–Crippen LogP) is 4.41. The van der Waals surface area contributed by atoms with E-state index < -0.39 is 0 Å². The van der Waals surface area contributed by atoms with Crippen LogP contribution in [0.25, 0.3) is 5.69 Å². The van der Waals surface area contributed by atoms with Crippen LogP contribution in [-0.2, 0) is 11.8 Å². The van der Waals surface area contributed by atoms with E-state index in [1.54, 1.807) is 21.3 Å². The number of thioether (sulfide) groups is 1. The van der Waals surface area contributed by atoms with E-state index in [9.17, 15) is 9.59 Å². The molecular formula is C21H20BrN3O2S. The molecule has 4 rings (SSSR count). The highest BCUT2D eigenvalue weighted by atomic mass is 79.9. The van der Waals surface area contributed by atoms with Crippen molar-refractivity contribution in [2.45, 2.75) is 24.5 Å². The Hall–Kier alpha value is -2.25. The van der Waals surface area contributed by atoms with E-state index in [0.29, 0.717) is 5.69 Å². The van der Waals surface area contributed by atoms with Crippen molar-refractivity contribution >= 4 is 39.3 Å². The molecule has 0 bridgehead atoms. The minimum atomic E-state index is -0.228. The largest absolute Gasteiger partial charge is 0.295 e. The van der Waals surface area contributed by atoms with E-state index in [-0.39, 0.29) is 22.1 Å². The maximum atomic E-state index is 13.4. The summed E-state index contributed by atoms with van der Waals surface area (Å²) in [6.45, 7) is 3.78. The first-order valence-electron chi connectivity index (χ1n) is 8.98. The number of hydrogen-bond donors (Lipinski definition) is 0. The second-order valence-electron chi connectivity index (χ2n) is 6.80. The summed E-state index contributed by atoms with van der Waals surface area (Å²) in [5, 5.41) is -0.438. The third kappa shape index (κ3) is 3.02. The molecule has 0 radical (unpaired) electrons. The number of carbonyl (C=O) groups is 1. The van der Waals surface area contributed by atoms with E-state index in [2.05, 4.69) is 15.9 Å². The second kappa shape index (κ2) is 7.29. The first-order chi connectivity index (χ1) is 13.4. The Kier molecular flexibility index (Phi) is 4.97. The van der Waals surface area contributed by atoms with Crippen LogP contribution in [0.1, 0.15) is 23.6 Å². The third-order valence-electron chi connectivity index (χ3n) is 5.07. The number of halogens is 1. The number of amides is 1. The molecule has 0 N–H and O–H groups in total. The smallest absolute Gasteiger partial charge is 0.288 e. The normalized spacial score (nSPS) is 19.4. The second-order valence-corrected chi connectivity index (χ2v) is 9.14. The van der Waals surface area contributed by atoms with Gasteiger partial charge in [0.1, 0.15) is 11.1 Å². The fraction of sp³-hybridized carbons (Fsp3) is 0.238. The van der Waals surface area contributed by atoms with Gasteiger partial charge in [-0.1, -0.05) is 46.3 Å². The molecule has 1 aliphatic heterocycles. The van der Waals surface area contributed by atoms with E-state index in [0.717, 1.165) is 21.4 Å². The molecule has 0 saturated carbocycles. The van der Waals surface area contributed by atoms with Crippen molar-refractivity contribution in [3.63, 3.8) is 0 Å². The van der Waals surface area contributed by atoms with Gasteiger partial charge >= 0.3 is 0 Å². The van der Waals surface area contributed by atoms with Crippen LogP contribution in [0, 0.1) is 6.92 Å². The quantitative estimate of drug-likeness (QED) is 0.584. The fourth-order valence-electron chi connectivity index (χ4n) is 3.54. The topological polar surface area (TPSA) is 47.2 Å². The van der Waals surface area contributed by atoms with Crippen molar-refractivity contribution in [2.75, 3.05) is 4.90 Å². The molecule has 144 valence electrons. The maximum absolute atomic E-state index is 13.4. The van der Waals surface area contributed by atoms with Crippen molar-refractivity contribution in [3.8, 4) is 5.69 Å². The minimum Gasteiger partial charge on any atom is -0.288 e. The third-order valence-corrected chi connectivity index (χ3v) is 6.95. The van der Waals surface area contributed by atoms with Gasteiger partial charge in [0.15, 0.2) is 0 Å². The molecule has 2 heterocycles. The summed E-state index contributed by atoms with van der Waals surface area (Å²) in [6, 6.07) is 17.4. The van der Waals surface area contributed by atoms with E-state index in [4.69, 9.17) is 0 Å². The molecule has 0 aliphatic carbocycles. The average Bonchev–Trinajstić information content (AvgIpc) is 3.09. The molecule has 7 heteroatoms. The van der Waals surface area contributed by atoms with Gasteiger partial charge in [-0.25, -0.2) is 4.68 Å². The zero-order valence-electron chi connectivity index (χ0n) is 15.8. The number of benzene rings is 2. The lowest BCUT2D eigenvalue weighted by Gasteiger charge is -2.23. The van der Waals surface area contributed by atoms with Crippen LogP contribution in [0.5, 0.6) is 0 Å². The van der Waals surface area contributed by atoms with Crippen molar-refractivity contribution in [2.24, 2.45) is 7.05 Å². The zero-order chi connectivity index (χ0) is 20.0. The van der Waals surface area contributed by atoms with Crippen LogP contribution >= 0.6 is 27.7 Å². The fourth-order valence-corrected chi connectivity index (χ4v) is 5.06. The molecule has 1 aromatic heterocycles. The number of carbonyl (C=O) groups excluding carboxylic acids is 1. The van der Waals surface area contributed by atoms with Gasteiger partial charge < -0.3 is 0 Å². The molecule has 1 amide bonds. The lowest BCUT2D eigenvalue weighted by Crippen LogP contribution is -2.34. The Bertz CT molecular complexity index is 1090. The number of para-hydroxylation sites is 1. The number of hydrogen-bond acceptors (Lipinski definition) is 3. The predicted molar refractivity (Wildman–Crippen MR) is 117 cm³/mol. The molecule has 5 nitrogen and oxygen atoms in total. The molecular weight excluding hydrogens is 438 g/mol. The highest BCUT2D eigenvalue weighted by Crippen LogP contribution is 2.45. The van der Waals surface area contributed by atoms with Gasteiger partial charge in [-0.05, 0) is 43.7 Å². The number of anilines is 1. The van der Waals surface area contributed by atoms with Crippen molar-refractivity contribution in [1.29, 1.82) is 0 Å². The summed E-state index contributed by atoms with van der Waals surface area (Å²) < 4.78 is 4.41. The SMILES string of the molecule is Cc1c(N2C(=O)[C@H](C)S[C@H]2c2ccc(Br)cc2)c(=O)n(-c2ccccc2)n1C. The summed E-state index contributed by atoms with van der Waals surface area (Å²) in [6.07, 6.45) is 0. The van der Waals surface area contributed by atoms with Gasteiger partial charge in [-0.3, -0.25) is 19.2 Å². The number of rotatable bonds is 3. The molecule has 0 spiro atoms. The van der Waals surface area contributed by atoms with Crippen LogP contribution in [0.15, 0.2) is 63.9 Å². The lowest BCUT2D eigenvalue weighted by molar-refractivity contribution is -0.117. The molecule has 1 aliphatic rings. The van der Waals surface area contributed by atoms with E-state index in [1.807, 2.05) is 80.2 Å². The average molecular weight is 458 g/mol. The molecule has 2 aromatic carbocycles. The molecule has 1 saturated heterocycles. The van der Waals surface area contributed by atoms with Crippen molar-refractivity contribution in [3.05, 3.63) is 80.7 Å². The van der Waals surface area contributed by atoms with Crippen LogP contribution in [0.4, 0.5) is 5.69 Å². The number of nitrogens with zero attached hydrogens (tertiary/aromatic N) is 3. The molecule has 1 fully saturated rings. The van der Waals surface area contributed by atoms with Gasteiger partial charge in [0.25, 0.3) is 5.56 Å². The monoisotopic (exact) mass is 457 g/mol. The summed E-state index contributed by atoms with van der Waals surface area (Å²) in [5.41, 5.74) is 2.80. The van der Waals surface area contributed by atoms with E-state index in [1.165, 1.54) is 0 Å². The van der Waals surface area contributed by atoms with Gasteiger partial charge in [0.2, 0.25) is 5.91 Å². The van der Waals surface area contributed by atoms with Crippen molar-refractivity contribution in [1.82, 2.24) is 9.36 Å². The highest BCUT2D eigenvalue weighted by molar-refractivity contribution is 9.10. The van der Waals surface area contributed by atoms with Gasteiger partial charge in [0.05, 0.1) is 16.6 Å².